The minimum absolute atomic E-state index is 0.119. The predicted octanol–water partition coefficient (Wildman–Crippen LogP) is 0.777. The van der Waals surface area contributed by atoms with Crippen LogP contribution in [0.1, 0.15) is 15.9 Å². The fourth-order valence-corrected chi connectivity index (χ4v) is 3.17. The van der Waals surface area contributed by atoms with E-state index < -0.39 is 15.9 Å². The van der Waals surface area contributed by atoms with Crippen molar-refractivity contribution in [2.75, 3.05) is 7.11 Å². The fraction of sp³-hybridized carbons (Fsp3) is 0.133. The molecule has 0 atom stereocenters. The quantitative estimate of drug-likeness (QED) is 0.410. The lowest BCUT2D eigenvalue weighted by Crippen LogP contribution is -2.30. The average Bonchev–Trinajstić information content (AvgIpc) is 2.59. The predicted molar refractivity (Wildman–Crippen MR) is 85.1 cm³/mol. The summed E-state index contributed by atoms with van der Waals surface area (Å²) in [4.78, 5) is 11.5. The lowest BCUT2D eigenvalue weighted by molar-refractivity contribution is 0.0953. The van der Waals surface area contributed by atoms with Crippen molar-refractivity contribution >= 4 is 15.9 Å². The Morgan fingerprint density at radius 3 is 2.48 bits per heavy atom. The van der Waals surface area contributed by atoms with E-state index in [1.807, 2.05) is 23.6 Å². The standard InChI is InChI=1S/C15H17N3O4S/c1-22-13-8-7-12(15(19)18-16)9-14(13)23(20,21)17-10-11-5-3-2-4-6-11/h2-9,17H,10,16H2,1H3,(H,18,19). The first-order chi connectivity index (χ1) is 11.0. The molecule has 2 aromatic rings. The van der Waals surface area contributed by atoms with Gasteiger partial charge in [0.15, 0.2) is 0 Å². The van der Waals surface area contributed by atoms with Crippen LogP contribution in [-0.2, 0) is 16.6 Å². The molecule has 8 heteroatoms. The van der Waals surface area contributed by atoms with Gasteiger partial charge in [-0.2, -0.15) is 0 Å². The number of sulfonamides is 1. The molecule has 0 aliphatic carbocycles. The Morgan fingerprint density at radius 2 is 1.87 bits per heavy atom. The second-order valence-electron chi connectivity index (χ2n) is 4.65. The van der Waals surface area contributed by atoms with Crippen molar-refractivity contribution in [1.82, 2.24) is 10.1 Å². The molecular weight excluding hydrogens is 318 g/mol. The van der Waals surface area contributed by atoms with Crippen LogP contribution in [0.25, 0.3) is 0 Å². The minimum atomic E-state index is -3.86. The SMILES string of the molecule is COc1ccc(C(=O)NN)cc1S(=O)(=O)NCc1ccccc1. The van der Waals surface area contributed by atoms with Gasteiger partial charge in [0, 0.05) is 12.1 Å². The molecule has 1 amide bonds. The maximum absolute atomic E-state index is 12.5. The molecule has 0 saturated heterocycles. The van der Waals surface area contributed by atoms with E-state index >= 15 is 0 Å². The van der Waals surface area contributed by atoms with Crippen molar-refractivity contribution in [3.8, 4) is 5.75 Å². The Labute approximate surface area is 134 Å². The van der Waals surface area contributed by atoms with Crippen molar-refractivity contribution in [2.24, 2.45) is 5.84 Å². The number of benzene rings is 2. The third-order valence-corrected chi connectivity index (χ3v) is 4.58. The normalized spacial score (nSPS) is 11.0. The van der Waals surface area contributed by atoms with E-state index in [1.165, 1.54) is 25.3 Å². The molecule has 0 aromatic heterocycles. The van der Waals surface area contributed by atoms with Crippen molar-refractivity contribution in [3.05, 3.63) is 59.7 Å². The molecule has 0 spiro atoms. The average molecular weight is 335 g/mol. The van der Waals surface area contributed by atoms with Crippen LogP contribution >= 0.6 is 0 Å². The van der Waals surface area contributed by atoms with E-state index in [2.05, 4.69) is 4.72 Å². The van der Waals surface area contributed by atoms with Gasteiger partial charge in [0.1, 0.15) is 10.6 Å². The fourth-order valence-electron chi connectivity index (χ4n) is 1.96. The third kappa shape index (κ3) is 4.07. The van der Waals surface area contributed by atoms with Gasteiger partial charge >= 0.3 is 0 Å². The molecule has 0 aliphatic heterocycles. The van der Waals surface area contributed by atoms with Gasteiger partial charge in [-0.05, 0) is 23.8 Å². The summed E-state index contributed by atoms with van der Waals surface area (Å²) in [5.41, 5.74) is 2.89. The van der Waals surface area contributed by atoms with Crippen LogP contribution in [0.4, 0.5) is 0 Å². The minimum Gasteiger partial charge on any atom is -0.495 e. The first kappa shape index (κ1) is 16.9. The van der Waals surface area contributed by atoms with Gasteiger partial charge in [0.25, 0.3) is 5.91 Å². The monoisotopic (exact) mass is 335 g/mol. The first-order valence-corrected chi connectivity index (χ1v) is 8.19. The molecule has 0 bridgehead atoms. The van der Waals surface area contributed by atoms with E-state index in [0.29, 0.717) is 0 Å². The summed E-state index contributed by atoms with van der Waals surface area (Å²) in [5.74, 6) is 4.62. The van der Waals surface area contributed by atoms with Crippen molar-refractivity contribution in [1.29, 1.82) is 0 Å². The third-order valence-electron chi connectivity index (χ3n) is 3.16. The number of hydrogen-bond acceptors (Lipinski definition) is 5. The number of rotatable bonds is 6. The van der Waals surface area contributed by atoms with Crippen LogP contribution in [0.2, 0.25) is 0 Å². The van der Waals surface area contributed by atoms with Crippen molar-refractivity contribution in [3.63, 3.8) is 0 Å². The highest BCUT2D eigenvalue weighted by atomic mass is 32.2. The highest BCUT2D eigenvalue weighted by Crippen LogP contribution is 2.25. The number of hydrazine groups is 1. The number of nitrogens with two attached hydrogens (primary N) is 1. The van der Waals surface area contributed by atoms with Crippen molar-refractivity contribution in [2.45, 2.75) is 11.4 Å². The zero-order valence-corrected chi connectivity index (χ0v) is 13.3. The number of nitrogens with one attached hydrogen (secondary N) is 2. The summed E-state index contributed by atoms with van der Waals surface area (Å²) >= 11 is 0. The molecular formula is C15H17N3O4S. The van der Waals surface area contributed by atoms with E-state index in [4.69, 9.17) is 10.6 Å². The lowest BCUT2D eigenvalue weighted by Gasteiger charge is -2.12. The maximum atomic E-state index is 12.5. The number of carbonyl (C=O) groups is 1. The highest BCUT2D eigenvalue weighted by Gasteiger charge is 2.21. The van der Waals surface area contributed by atoms with E-state index in [-0.39, 0.29) is 22.8 Å². The molecule has 0 fully saturated rings. The summed E-state index contributed by atoms with van der Waals surface area (Å²) in [6, 6.07) is 13.1. The van der Waals surface area contributed by atoms with Gasteiger partial charge in [-0.3, -0.25) is 10.2 Å². The summed E-state index contributed by atoms with van der Waals surface area (Å²) in [5, 5.41) is 0. The largest absolute Gasteiger partial charge is 0.495 e. The Hall–Kier alpha value is -2.42. The molecule has 2 aromatic carbocycles. The topological polar surface area (TPSA) is 111 Å². The number of ether oxygens (including phenoxy) is 1. The van der Waals surface area contributed by atoms with Crippen LogP contribution < -0.4 is 20.7 Å². The molecule has 0 heterocycles. The van der Waals surface area contributed by atoms with Gasteiger partial charge < -0.3 is 4.74 Å². The van der Waals surface area contributed by atoms with E-state index in [1.54, 1.807) is 12.1 Å². The van der Waals surface area contributed by atoms with Crippen LogP contribution in [0.15, 0.2) is 53.4 Å². The summed E-state index contributed by atoms with van der Waals surface area (Å²) in [6.45, 7) is 0.125. The van der Waals surface area contributed by atoms with Gasteiger partial charge in [0.05, 0.1) is 7.11 Å². The van der Waals surface area contributed by atoms with Crippen LogP contribution in [0.3, 0.4) is 0 Å². The summed E-state index contributed by atoms with van der Waals surface area (Å²) in [7, 11) is -2.51. The molecule has 0 radical (unpaired) electrons. The molecule has 4 N–H and O–H groups in total. The van der Waals surface area contributed by atoms with Gasteiger partial charge in [-0.1, -0.05) is 30.3 Å². The Balaban J connectivity index is 2.32. The zero-order chi connectivity index (χ0) is 16.9. The van der Waals surface area contributed by atoms with Gasteiger partial charge in [-0.15, -0.1) is 0 Å². The molecule has 0 unspecified atom stereocenters. The van der Waals surface area contributed by atoms with E-state index in [9.17, 15) is 13.2 Å². The van der Waals surface area contributed by atoms with Gasteiger partial charge in [0.2, 0.25) is 10.0 Å². The second kappa shape index (κ2) is 7.23. The highest BCUT2D eigenvalue weighted by molar-refractivity contribution is 7.89. The second-order valence-corrected chi connectivity index (χ2v) is 6.38. The Morgan fingerprint density at radius 1 is 1.17 bits per heavy atom. The smallest absolute Gasteiger partial charge is 0.265 e. The number of methoxy groups -OCH3 is 1. The van der Waals surface area contributed by atoms with Crippen LogP contribution in [-0.4, -0.2) is 21.4 Å². The van der Waals surface area contributed by atoms with Gasteiger partial charge in [-0.25, -0.2) is 19.0 Å². The maximum Gasteiger partial charge on any atom is 0.265 e. The van der Waals surface area contributed by atoms with Crippen LogP contribution in [0.5, 0.6) is 5.75 Å². The molecule has 2 rings (SSSR count). The summed E-state index contributed by atoms with van der Waals surface area (Å²) in [6.07, 6.45) is 0. The number of nitrogen functional groups attached to an aromatic ring is 1. The molecule has 122 valence electrons. The van der Waals surface area contributed by atoms with Crippen LogP contribution in [0, 0.1) is 0 Å². The first-order valence-electron chi connectivity index (χ1n) is 6.70. The number of amides is 1. The Bertz CT molecular complexity index is 792. The lowest BCUT2D eigenvalue weighted by atomic mass is 10.2. The zero-order valence-electron chi connectivity index (χ0n) is 12.4. The number of carbonyl (C=O) groups excluding carboxylic acids is 1. The van der Waals surface area contributed by atoms with Crippen molar-refractivity contribution < 1.29 is 17.9 Å². The van der Waals surface area contributed by atoms with E-state index in [0.717, 1.165) is 5.56 Å². The molecule has 0 saturated carbocycles. The molecule has 7 nitrogen and oxygen atoms in total. The summed E-state index contributed by atoms with van der Waals surface area (Å²) < 4.78 is 32.5. The molecule has 23 heavy (non-hydrogen) atoms. The Kier molecular flexibility index (Phi) is 5.32. The molecule has 0 aliphatic rings. The number of hydrogen-bond donors (Lipinski definition) is 3.